The van der Waals surface area contributed by atoms with E-state index in [9.17, 15) is 0 Å². The number of hydrogen-bond donors (Lipinski definition) is 1. The van der Waals surface area contributed by atoms with Crippen LogP contribution in [-0.4, -0.2) is 21.9 Å². The van der Waals surface area contributed by atoms with Crippen molar-refractivity contribution in [2.75, 3.05) is 6.54 Å². The van der Waals surface area contributed by atoms with Gasteiger partial charge in [-0.15, -0.1) is 0 Å². The first-order valence-electron chi connectivity index (χ1n) is 8.38. The zero-order chi connectivity index (χ0) is 15.7. The molecule has 3 heteroatoms. The molecule has 1 heterocycles. The highest BCUT2D eigenvalue weighted by Crippen LogP contribution is 2.43. The Morgan fingerprint density at radius 3 is 2.62 bits per heavy atom. The molecule has 0 spiro atoms. The van der Waals surface area contributed by atoms with E-state index in [-0.39, 0.29) is 5.54 Å². The number of aryl methyl sites for hydroxylation is 1. The third kappa shape index (κ3) is 5.14. The highest BCUT2D eigenvalue weighted by atomic mass is 15.2. The largest absolute Gasteiger partial charge is 0.312 e. The van der Waals surface area contributed by atoms with Crippen LogP contribution in [0.5, 0.6) is 0 Å². The van der Waals surface area contributed by atoms with Crippen LogP contribution in [0.15, 0.2) is 12.3 Å². The van der Waals surface area contributed by atoms with Crippen LogP contribution in [0, 0.1) is 17.3 Å². The minimum atomic E-state index is 0.211. The lowest BCUT2D eigenvalue weighted by Gasteiger charge is -2.41. The van der Waals surface area contributed by atoms with Crippen molar-refractivity contribution in [2.24, 2.45) is 24.3 Å². The minimum Gasteiger partial charge on any atom is -0.312 e. The maximum atomic E-state index is 4.59. The summed E-state index contributed by atoms with van der Waals surface area (Å²) in [5.41, 5.74) is 1.95. The summed E-state index contributed by atoms with van der Waals surface area (Å²) in [6.45, 7) is 12.8. The van der Waals surface area contributed by atoms with Gasteiger partial charge in [0.05, 0.1) is 5.69 Å². The molecule has 0 aliphatic heterocycles. The summed E-state index contributed by atoms with van der Waals surface area (Å²) in [6.07, 6.45) is 7.20. The fraction of sp³-hybridized carbons (Fsp3) is 0.833. The maximum Gasteiger partial charge on any atom is 0.0627 e. The maximum absolute atomic E-state index is 4.59. The van der Waals surface area contributed by atoms with Gasteiger partial charge in [0.1, 0.15) is 0 Å². The van der Waals surface area contributed by atoms with Gasteiger partial charge in [0.15, 0.2) is 0 Å². The number of hydrogen-bond acceptors (Lipinski definition) is 2. The third-order valence-corrected chi connectivity index (χ3v) is 4.81. The van der Waals surface area contributed by atoms with Crippen molar-refractivity contribution in [3.63, 3.8) is 0 Å². The summed E-state index contributed by atoms with van der Waals surface area (Å²) in [4.78, 5) is 0. The lowest BCUT2D eigenvalue weighted by molar-refractivity contribution is 0.110. The number of nitrogens with one attached hydrogen (secondary N) is 1. The highest BCUT2D eigenvalue weighted by molar-refractivity contribution is 5.02. The molecule has 21 heavy (non-hydrogen) atoms. The van der Waals surface area contributed by atoms with Gasteiger partial charge in [-0.3, -0.25) is 4.68 Å². The molecule has 1 aromatic heterocycles. The Morgan fingerprint density at radius 2 is 2.05 bits per heavy atom. The normalized spacial score (nSPS) is 26.0. The quantitative estimate of drug-likeness (QED) is 0.914. The van der Waals surface area contributed by atoms with Crippen molar-refractivity contribution < 1.29 is 0 Å². The molecule has 1 N–H and O–H groups in total. The molecule has 0 radical (unpaired) electrons. The van der Waals surface area contributed by atoms with Crippen molar-refractivity contribution in [1.82, 2.24) is 15.1 Å². The summed E-state index contributed by atoms with van der Waals surface area (Å²) in [5, 5.41) is 8.31. The molecule has 1 aliphatic carbocycles. The van der Waals surface area contributed by atoms with Gasteiger partial charge in [-0.1, -0.05) is 13.8 Å². The molecule has 3 nitrogen and oxygen atoms in total. The lowest BCUT2D eigenvalue weighted by atomic mass is 9.66. The molecule has 0 aromatic carbocycles. The fourth-order valence-electron chi connectivity index (χ4n) is 3.58. The zero-order valence-corrected chi connectivity index (χ0v) is 14.7. The Bertz CT molecular complexity index is 453. The van der Waals surface area contributed by atoms with Crippen LogP contribution in [0.25, 0.3) is 0 Å². The van der Waals surface area contributed by atoms with Crippen LogP contribution < -0.4 is 5.32 Å². The van der Waals surface area contributed by atoms with E-state index in [1.54, 1.807) is 0 Å². The van der Waals surface area contributed by atoms with Gasteiger partial charge >= 0.3 is 0 Å². The average molecular weight is 291 g/mol. The molecule has 1 aliphatic rings. The average Bonchev–Trinajstić information content (AvgIpc) is 2.71. The number of nitrogens with zero attached hydrogens (tertiary/aromatic N) is 2. The molecule has 0 amide bonds. The Kier molecular flexibility index (Phi) is 4.82. The van der Waals surface area contributed by atoms with Gasteiger partial charge in [-0.25, -0.2) is 0 Å². The molecule has 1 saturated carbocycles. The Balaban J connectivity index is 2.03. The molecule has 2 unspecified atom stereocenters. The molecule has 2 rings (SSSR count). The molecule has 1 fully saturated rings. The zero-order valence-electron chi connectivity index (χ0n) is 14.7. The molecule has 2 atom stereocenters. The smallest absolute Gasteiger partial charge is 0.0627 e. The van der Waals surface area contributed by atoms with Crippen LogP contribution in [0.4, 0.5) is 0 Å². The van der Waals surface area contributed by atoms with Crippen molar-refractivity contribution >= 4 is 0 Å². The topological polar surface area (TPSA) is 29.9 Å². The van der Waals surface area contributed by atoms with Gasteiger partial charge < -0.3 is 5.32 Å². The first-order chi connectivity index (χ1) is 9.65. The van der Waals surface area contributed by atoms with Crippen molar-refractivity contribution in [1.29, 1.82) is 0 Å². The second kappa shape index (κ2) is 6.12. The van der Waals surface area contributed by atoms with Gasteiger partial charge in [0.2, 0.25) is 0 Å². The third-order valence-electron chi connectivity index (χ3n) is 4.81. The molecule has 0 saturated heterocycles. The molecule has 1 aromatic rings. The summed E-state index contributed by atoms with van der Waals surface area (Å²) < 4.78 is 1.92. The highest BCUT2D eigenvalue weighted by Gasteiger charge is 2.35. The molecular weight excluding hydrogens is 258 g/mol. The van der Waals surface area contributed by atoms with E-state index in [2.05, 4.69) is 57.3 Å². The van der Waals surface area contributed by atoms with E-state index in [0.717, 1.165) is 24.8 Å². The predicted octanol–water partition coefficient (Wildman–Crippen LogP) is 3.79. The van der Waals surface area contributed by atoms with Crippen LogP contribution in [0.1, 0.15) is 59.6 Å². The first-order valence-corrected chi connectivity index (χ1v) is 8.38. The van der Waals surface area contributed by atoms with Crippen molar-refractivity contribution in [2.45, 2.75) is 65.8 Å². The van der Waals surface area contributed by atoms with E-state index >= 15 is 0 Å². The van der Waals surface area contributed by atoms with Crippen LogP contribution in [0.2, 0.25) is 0 Å². The van der Waals surface area contributed by atoms with Crippen LogP contribution in [-0.2, 0) is 13.5 Å². The summed E-state index contributed by atoms with van der Waals surface area (Å²) in [5.74, 6) is 1.53. The van der Waals surface area contributed by atoms with Gasteiger partial charge in [0.25, 0.3) is 0 Å². The minimum absolute atomic E-state index is 0.211. The lowest BCUT2D eigenvalue weighted by Crippen LogP contribution is -2.43. The van der Waals surface area contributed by atoms with E-state index in [1.165, 1.54) is 25.0 Å². The molecule has 0 bridgehead atoms. The van der Waals surface area contributed by atoms with E-state index in [0.29, 0.717) is 5.41 Å². The fourth-order valence-corrected chi connectivity index (χ4v) is 3.58. The Labute approximate surface area is 130 Å². The second-order valence-electron chi connectivity index (χ2n) is 8.74. The van der Waals surface area contributed by atoms with Crippen molar-refractivity contribution in [3.05, 3.63) is 18.0 Å². The van der Waals surface area contributed by atoms with Crippen LogP contribution >= 0.6 is 0 Å². The molecule has 120 valence electrons. The predicted molar refractivity (Wildman–Crippen MR) is 89.3 cm³/mol. The van der Waals surface area contributed by atoms with Crippen molar-refractivity contribution in [3.8, 4) is 0 Å². The number of rotatable bonds is 4. The first kappa shape index (κ1) is 16.5. The number of aromatic nitrogens is 2. The second-order valence-corrected chi connectivity index (χ2v) is 8.74. The molecular formula is C18H33N3. The Morgan fingerprint density at radius 1 is 1.33 bits per heavy atom. The standard InChI is InChI=1S/C18H33N3/c1-17(2,3)19-13-14-7-9-18(4,5)12-15(14)11-16-8-10-21(6)20-16/h8,10,14-15,19H,7,9,11-13H2,1-6H3. The monoisotopic (exact) mass is 291 g/mol. The van der Waals surface area contributed by atoms with Gasteiger partial charge in [-0.05, 0) is 76.3 Å². The summed E-state index contributed by atoms with van der Waals surface area (Å²) >= 11 is 0. The Hall–Kier alpha value is -0.830. The SMILES string of the molecule is Cn1ccc(CC2CC(C)(C)CCC2CNC(C)(C)C)n1. The van der Waals surface area contributed by atoms with E-state index in [4.69, 9.17) is 0 Å². The van der Waals surface area contributed by atoms with Gasteiger partial charge in [-0.2, -0.15) is 5.10 Å². The van der Waals surface area contributed by atoms with Crippen LogP contribution in [0.3, 0.4) is 0 Å². The summed E-state index contributed by atoms with van der Waals surface area (Å²) in [7, 11) is 2.01. The summed E-state index contributed by atoms with van der Waals surface area (Å²) in [6, 6.07) is 2.18. The van der Waals surface area contributed by atoms with E-state index < -0.39 is 0 Å². The van der Waals surface area contributed by atoms with Gasteiger partial charge in [0, 0.05) is 18.8 Å². The van der Waals surface area contributed by atoms with E-state index in [1.807, 2.05) is 11.7 Å².